The van der Waals surface area contributed by atoms with Crippen LogP contribution in [0.15, 0.2) is 54.9 Å². The molecule has 2 aromatic carbocycles. The highest BCUT2D eigenvalue weighted by Crippen LogP contribution is 2.41. The Morgan fingerprint density at radius 1 is 1.13 bits per heavy atom. The smallest absolute Gasteiger partial charge is 0.291 e. The molecule has 0 unspecified atom stereocenters. The van der Waals surface area contributed by atoms with Crippen LogP contribution in [0.1, 0.15) is 33.4 Å². The van der Waals surface area contributed by atoms with Gasteiger partial charge in [-0.3, -0.25) is 4.79 Å². The summed E-state index contributed by atoms with van der Waals surface area (Å²) >= 11 is 12.7. The Labute approximate surface area is 188 Å². The number of rotatable bonds is 3. The average Bonchev–Trinajstić information content (AvgIpc) is 3.20. The lowest BCUT2D eigenvalue weighted by Gasteiger charge is -2.33. The summed E-state index contributed by atoms with van der Waals surface area (Å²) in [4.78, 5) is 26.9. The number of amides is 1. The molecule has 1 N–H and O–H groups in total. The van der Waals surface area contributed by atoms with E-state index < -0.39 is 0 Å². The van der Waals surface area contributed by atoms with Gasteiger partial charge >= 0.3 is 0 Å². The van der Waals surface area contributed by atoms with Crippen molar-refractivity contribution < 1.29 is 9.53 Å². The summed E-state index contributed by atoms with van der Waals surface area (Å²) in [6.45, 7) is 0.911. The lowest BCUT2D eigenvalue weighted by molar-refractivity contribution is 0.0712. The molecular weight excluding hydrogens is 435 g/mol. The van der Waals surface area contributed by atoms with Crippen LogP contribution < -0.4 is 4.74 Å². The summed E-state index contributed by atoms with van der Waals surface area (Å²) in [5, 5.41) is 1.93. The molecule has 156 valence electrons. The monoisotopic (exact) mass is 452 g/mol. The van der Waals surface area contributed by atoms with E-state index in [2.05, 4.69) is 27.1 Å². The first-order chi connectivity index (χ1) is 15.1. The molecule has 31 heavy (non-hydrogen) atoms. The second-order valence-corrected chi connectivity index (χ2v) is 8.18. The second kappa shape index (κ2) is 7.87. The molecule has 1 amide bonds. The van der Waals surface area contributed by atoms with Crippen LogP contribution in [-0.2, 0) is 6.54 Å². The van der Waals surface area contributed by atoms with E-state index >= 15 is 0 Å². The number of hydrogen-bond acceptors (Lipinski definition) is 4. The highest BCUT2D eigenvalue weighted by atomic mass is 35.5. The Kier molecular flexibility index (Phi) is 5.04. The van der Waals surface area contributed by atoms with Gasteiger partial charge in [-0.05, 0) is 11.6 Å². The van der Waals surface area contributed by atoms with Crippen LogP contribution in [0.3, 0.4) is 0 Å². The maximum Gasteiger partial charge on any atom is 0.291 e. The fourth-order valence-electron chi connectivity index (χ4n) is 4.10. The van der Waals surface area contributed by atoms with Gasteiger partial charge in [0.1, 0.15) is 0 Å². The number of halogens is 2. The highest BCUT2D eigenvalue weighted by molar-refractivity contribution is 6.45. The summed E-state index contributed by atoms with van der Waals surface area (Å²) in [7, 11) is 1.53. The predicted molar refractivity (Wildman–Crippen MR) is 120 cm³/mol. The van der Waals surface area contributed by atoms with Crippen molar-refractivity contribution >= 4 is 40.0 Å². The van der Waals surface area contributed by atoms with Crippen LogP contribution in [0.25, 0.3) is 10.9 Å². The predicted octanol–water partition coefficient (Wildman–Crippen LogP) is 5.06. The molecule has 0 saturated heterocycles. The van der Waals surface area contributed by atoms with Gasteiger partial charge in [-0.25, -0.2) is 9.97 Å². The van der Waals surface area contributed by atoms with Crippen LogP contribution in [0.5, 0.6) is 5.75 Å². The average molecular weight is 453 g/mol. The molecule has 4 aromatic rings. The Bertz CT molecular complexity index is 1270. The molecule has 1 atom stereocenters. The minimum atomic E-state index is -0.233. The number of nitrogens with zero attached hydrogens (tertiary/aromatic N) is 3. The van der Waals surface area contributed by atoms with Gasteiger partial charge in [0, 0.05) is 35.7 Å². The zero-order valence-electron chi connectivity index (χ0n) is 16.6. The molecule has 2 aromatic heterocycles. The number of fused-ring (bicyclic) bond motifs is 3. The van der Waals surface area contributed by atoms with Crippen LogP contribution in [0.2, 0.25) is 10.0 Å². The van der Waals surface area contributed by atoms with E-state index in [1.165, 1.54) is 19.5 Å². The van der Waals surface area contributed by atoms with E-state index in [1.54, 1.807) is 11.0 Å². The van der Waals surface area contributed by atoms with Crippen molar-refractivity contribution in [2.24, 2.45) is 0 Å². The molecule has 0 fully saturated rings. The molecule has 3 heterocycles. The molecule has 0 spiro atoms. The number of aromatic nitrogens is 3. The maximum absolute atomic E-state index is 13.3. The summed E-state index contributed by atoms with van der Waals surface area (Å²) in [6, 6.07) is 13.8. The van der Waals surface area contributed by atoms with Crippen molar-refractivity contribution in [1.82, 2.24) is 19.9 Å². The number of nitrogens with one attached hydrogen (secondary N) is 1. The van der Waals surface area contributed by atoms with Gasteiger partial charge in [-0.15, -0.1) is 0 Å². The molecule has 0 saturated carbocycles. The lowest BCUT2D eigenvalue weighted by atomic mass is 9.88. The molecule has 5 rings (SSSR count). The number of carbonyl (C=O) groups excluding carboxylic acids is 1. The quantitative estimate of drug-likeness (QED) is 0.471. The Hall–Kier alpha value is -3.09. The Balaban J connectivity index is 1.61. The van der Waals surface area contributed by atoms with E-state index in [0.717, 1.165) is 27.7 Å². The van der Waals surface area contributed by atoms with E-state index in [4.69, 9.17) is 27.9 Å². The number of benzene rings is 2. The van der Waals surface area contributed by atoms with Gasteiger partial charge in [0.15, 0.2) is 5.75 Å². The highest BCUT2D eigenvalue weighted by Gasteiger charge is 2.33. The van der Waals surface area contributed by atoms with Crippen LogP contribution in [0, 0.1) is 0 Å². The number of methoxy groups -OCH3 is 1. The van der Waals surface area contributed by atoms with Gasteiger partial charge in [0.2, 0.25) is 5.82 Å². The van der Waals surface area contributed by atoms with E-state index in [-0.39, 0.29) is 17.6 Å². The second-order valence-electron chi connectivity index (χ2n) is 7.40. The minimum Gasteiger partial charge on any atom is -0.494 e. The molecule has 6 nitrogen and oxygen atoms in total. The lowest BCUT2D eigenvalue weighted by Crippen LogP contribution is -2.39. The summed E-state index contributed by atoms with van der Waals surface area (Å²) in [5.74, 6) is 0.359. The van der Waals surface area contributed by atoms with Crippen molar-refractivity contribution in [1.29, 1.82) is 0 Å². The van der Waals surface area contributed by atoms with Crippen LogP contribution >= 0.6 is 23.2 Å². The first-order valence-electron chi connectivity index (χ1n) is 9.75. The van der Waals surface area contributed by atoms with Crippen molar-refractivity contribution in [2.75, 3.05) is 13.7 Å². The van der Waals surface area contributed by atoms with Crippen molar-refractivity contribution in [2.45, 2.75) is 12.5 Å². The fourth-order valence-corrected chi connectivity index (χ4v) is 4.47. The number of ether oxygens (including phenoxy) is 1. The third-order valence-electron chi connectivity index (χ3n) is 5.65. The van der Waals surface area contributed by atoms with Gasteiger partial charge in [-0.1, -0.05) is 59.6 Å². The van der Waals surface area contributed by atoms with Gasteiger partial charge < -0.3 is 14.6 Å². The van der Waals surface area contributed by atoms with Crippen molar-refractivity contribution in [3.63, 3.8) is 0 Å². The number of H-pyrrole nitrogens is 1. The van der Waals surface area contributed by atoms with Crippen molar-refractivity contribution in [3.8, 4) is 5.75 Å². The number of aromatic amines is 1. The largest absolute Gasteiger partial charge is 0.494 e. The molecule has 0 radical (unpaired) electrons. The fraction of sp³-hybridized carbons (Fsp3) is 0.174. The topological polar surface area (TPSA) is 71.1 Å². The summed E-state index contributed by atoms with van der Waals surface area (Å²) in [5.41, 5.74) is 3.96. The van der Waals surface area contributed by atoms with Crippen molar-refractivity contribution in [3.05, 3.63) is 87.5 Å². The number of carbonyl (C=O) groups is 1. The Morgan fingerprint density at radius 3 is 2.58 bits per heavy atom. The Morgan fingerprint density at radius 2 is 1.87 bits per heavy atom. The standard InChI is InChI=1S/C23H18Cl2N4O2/c1-31-14-9-26-22(27-10-14)23(30)29-11-16(13-5-3-2-4-6-13)20-17(12-29)15-7-8-18(24)19(25)21(15)28-20/h2-10,16,28H,11-12H2,1H3/t16-/m0/s1. The molecular formula is C23H18Cl2N4O2. The van der Waals surface area contributed by atoms with Gasteiger partial charge in [0.25, 0.3) is 5.91 Å². The SMILES string of the molecule is COc1cnc(C(=O)N2Cc3c([nH]c4c(Cl)c(Cl)ccc34)[C@H](c3ccccc3)C2)nc1. The van der Waals surface area contributed by atoms with E-state index in [0.29, 0.717) is 28.9 Å². The summed E-state index contributed by atoms with van der Waals surface area (Å²) < 4.78 is 5.10. The maximum atomic E-state index is 13.3. The summed E-state index contributed by atoms with van der Waals surface area (Å²) in [6.07, 6.45) is 3.00. The van der Waals surface area contributed by atoms with Gasteiger partial charge in [0.05, 0.1) is 35.1 Å². The van der Waals surface area contributed by atoms with Crippen LogP contribution in [0.4, 0.5) is 0 Å². The molecule has 1 aliphatic rings. The molecule has 8 heteroatoms. The molecule has 1 aliphatic heterocycles. The van der Waals surface area contributed by atoms with E-state index in [1.807, 2.05) is 24.3 Å². The molecule has 0 bridgehead atoms. The zero-order chi connectivity index (χ0) is 21.5. The third-order valence-corrected chi connectivity index (χ3v) is 6.45. The first-order valence-corrected chi connectivity index (χ1v) is 10.5. The minimum absolute atomic E-state index is 0.0469. The normalized spacial score (nSPS) is 15.7. The van der Waals surface area contributed by atoms with E-state index in [9.17, 15) is 4.79 Å². The van der Waals surface area contributed by atoms with Crippen LogP contribution in [-0.4, -0.2) is 39.4 Å². The first kappa shape index (κ1) is 19.8. The number of hydrogen-bond donors (Lipinski definition) is 1. The third kappa shape index (κ3) is 3.42. The zero-order valence-corrected chi connectivity index (χ0v) is 18.1. The molecule has 0 aliphatic carbocycles. The van der Waals surface area contributed by atoms with Gasteiger partial charge in [-0.2, -0.15) is 0 Å².